The second-order valence-electron chi connectivity index (χ2n) is 4.87. The zero-order valence-corrected chi connectivity index (χ0v) is 11.2. The molecule has 110 valence electrons. The molecular weight excluding hydrogens is 267 g/mol. The summed E-state index contributed by atoms with van der Waals surface area (Å²) >= 11 is 0. The highest BCUT2D eigenvalue weighted by atomic mass is 19.4. The molecule has 1 N–H and O–H groups in total. The van der Waals surface area contributed by atoms with Gasteiger partial charge in [-0.05, 0) is 49.9 Å². The van der Waals surface area contributed by atoms with Crippen LogP contribution in [-0.2, 0) is 6.54 Å². The van der Waals surface area contributed by atoms with E-state index in [9.17, 15) is 13.2 Å². The van der Waals surface area contributed by atoms with Crippen LogP contribution in [0.3, 0.4) is 0 Å². The molecule has 0 aliphatic heterocycles. The predicted molar refractivity (Wildman–Crippen MR) is 71.4 cm³/mol. The molecule has 0 saturated carbocycles. The van der Waals surface area contributed by atoms with E-state index in [1.165, 1.54) is 37.0 Å². The summed E-state index contributed by atoms with van der Waals surface area (Å²) in [5.74, 6) is -0.183. The van der Waals surface area contributed by atoms with Crippen molar-refractivity contribution in [3.8, 4) is 5.75 Å². The Morgan fingerprint density at radius 3 is 2.50 bits per heavy atom. The molecule has 0 fully saturated rings. The summed E-state index contributed by atoms with van der Waals surface area (Å²) in [6.07, 6.45) is 2.37. The van der Waals surface area contributed by atoms with Crippen LogP contribution in [0.4, 0.5) is 13.2 Å². The Morgan fingerprint density at radius 2 is 1.90 bits per heavy atom. The summed E-state index contributed by atoms with van der Waals surface area (Å²) < 4.78 is 39.8. The van der Waals surface area contributed by atoms with Gasteiger partial charge in [0.25, 0.3) is 0 Å². The summed E-state index contributed by atoms with van der Waals surface area (Å²) in [7, 11) is 0. The van der Waals surface area contributed by atoms with E-state index in [-0.39, 0.29) is 5.75 Å². The Balaban J connectivity index is 1.70. The fourth-order valence-electron chi connectivity index (χ4n) is 2.26. The van der Waals surface area contributed by atoms with E-state index in [0.29, 0.717) is 6.54 Å². The summed E-state index contributed by atoms with van der Waals surface area (Å²) in [5, 5.41) is 3.29. The fraction of sp³-hybridized carbons (Fsp3) is 0.467. The molecule has 5 heteroatoms. The number of hydrogen-bond donors (Lipinski definition) is 1. The molecule has 2 nitrogen and oxygen atoms in total. The first-order valence-corrected chi connectivity index (χ1v) is 6.76. The van der Waals surface area contributed by atoms with Crippen molar-refractivity contribution in [3.05, 3.63) is 41.5 Å². The number of hydrogen-bond acceptors (Lipinski definition) is 2. The maximum absolute atomic E-state index is 12.0. The molecule has 0 radical (unpaired) electrons. The molecule has 1 aliphatic rings. The van der Waals surface area contributed by atoms with Crippen LogP contribution >= 0.6 is 0 Å². The number of nitrogens with one attached hydrogen (secondary N) is 1. The van der Waals surface area contributed by atoms with Gasteiger partial charge in [-0.15, -0.1) is 13.2 Å². The maximum Gasteiger partial charge on any atom is 0.573 e. The molecule has 1 aliphatic carbocycles. The van der Waals surface area contributed by atoms with Gasteiger partial charge in [0, 0.05) is 6.54 Å². The SMILES string of the molecule is FC(F)(F)Oc1ccc(CNCCC2=CCCC2)cc1. The van der Waals surface area contributed by atoms with Gasteiger partial charge >= 0.3 is 6.36 Å². The molecule has 0 unspecified atom stereocenters. The van der Waals surface area contributed by atoms with Crippen LogP contribution in [0.1, 0.15) is 31.2 Å². The topological polar surface area (TPSA) is 21.3 Å². The minimum Gasteiger partial charge on any atom is -0.406 e. The largest absolute Gasteiger partial charge is 0.573 e. The van der Waals surface area contributed by atoms with Crippen molar-refractivity contribution < 1.29 is 17.9 Å². The first kappa shape index (κ1) is 14.9. The standard InChI is InChI=1S/C15H18F3NO/c16-15(17,18)20-14-7-5-13(6-8-14)11-19-10-9-12-3-1-2-4-12/h3,5-8,19H,1-2,4,9-11H2. The van der Waals surface area contributed by atoms with Gasteiger partial charge in [-0.3, -0.25) is 0 Å². The number of benzene rings is 1. The maximum atomic E-state index is 12.0. The fourth-order valence-corrected chi connectivity index (χ4v) is 2.26. The number of halogens is 3. The summed E-state index contributed by atoms with van der Waals surface area (Å²) in [5.41, 5.74) is 2.45. The van der Waals surface area contributed by atoms with Crippen LogP contribution in [0.2, 0.25) is 0 Å². The van der Waals surface area contributed by atoms with Gasteiger partial charge in [0.1, 0.15) is 5.75 Å². The molecule has 0 amide bonds. The number of ether oxygens (including phenoxy) is 1. The molecule has 2 rings (SSSR count). The number of rotatable bonds is 6. The van der Waals surface area contributed by atoms with Crippen LogP contribution < -0.4 is 10.1 Å². The third-order valence-corrected chi connectivity index (χ3v) is 3.24. The lowest BCUT2D eigenvalue weighted by molar-refractivity contribution is -0.274. The lowest BCUT2D eigenvalue weighted by Crippen LogP contribution is -2.17. The van der Waals surface area contributed by atoms with Gasteiger partial charge in [-0.1, -0.05) is 23.8 Å². The highest BCUT2D eigenvalue weighted by Gasteiger charge is 2.30. The van der Waals surface area contributed by atoms with Crippen LogP contribution in [0, 0.1) is 0 Å². The number of alkyl halides is 3. The molecule has 0 spiro atoms. The van der Waals surface area contributed by atoms with Crippen molar-refractivity contribution in [1.82, 2.24) is 5.32 Å². The molecular formula is C15H18F3NO. The molecule has 20 heavy (non-hydrogen) atoms. The van der Waals surface area contributed by atoms with Crippen molar-refractivity contribution in [2.24, 2.45) is 0 Å². The first-order chi connectivity index (χ1) is 9.53. The molecule has 0 aromatic heterocycles. The van der Waals surface area contributed by atoms with Crippen LogP contribution in [0.15, 0.2) is 35.9 Å². The quantitative estimate of drug-likeness (QED) is 0.625. The Kier molecular flexibility index (Phi) is 5.06. The second-order valence-corrected chi connectivity index (χ2v) is 4.87. The first-order valence-electron chi connectivity index (χ1n) is 6.76. The third-order valence-electron chi connectivity index (χ3n) is 3.24. The third kappa shape index (κ3) is 5.25. The predicted octanol–water partition coefficient (Wildman–Crippen LogP) is 4.18. The molecule has 1 aromatic carbocycles. The zero-order valence-electron chi connectivity index (χ0n) is 11.2. The highest BCUT2D eigenvalue weighted by Crippen LogP contribution is 2.23. The van der Waals surface area contributed by atoms with Gasteiger partial charge < -0.3 is 10.1 Å². The summed E-state index contributed by atoms with van der Waals surface area (Å²) in [4.78, 5) is 0. The van der Waals surface area contributed by atoms with Crippen molar-refractivity contribution in [1.29, 1.82) is 0 Å². The van der Waals surface area contributed by atoms with E-state index < -0.39 is 6.36 Å². The lowest BCUT2D eigenvalue weighted by atomic mass is 10.1. The average molecular weight is 285 g/mol. The Hall–Kier alpha value is -1.49. The van der Waals surface area contributed by atoms with Crippen molar-refractivity contribution >= 4 is 0 Å². The Labute approximate surface area is 116 Å². The summed E-state index contributed by atoms with van der Waals surface area (Å²) in [6, 6.07) is 5.96. The summed E-state index contributed by atoms with van der Waals surface area (Å²) in [6.45, 7) is 1.55. The van der Waals surface area contributed by atoms with Gasteiger partial charge in [0.15, 0.2) is 0 Å². The molecule has 1 aromatic rings. The van der Waals surface area contributed by atoms with E-state index in [1.54, 1.807) is 12.1 Å². The van der Waals surface area contributed by atoms with E-state index in [1.807, 2.05) is 0 Å². The average Bonchev–Trinajstić information content (AvgIpc) is 2.88. The van der Waals surface area contributed by atoms with Gasteiger partial charge in [-0.25, -0.2) is 0 Å². The molecule has 0 heterocycles. The highest BCUT2D eigenvalue weighted by molar-refractivity contribution is 5.27. The van der Waals surface area contributed by atoms with Crippen molar-refractivity contribution in [2.75, 3.05) is 6.54 Å². The van der Waals surface area contributed by atoms with Crippen LogP contribution in [-0.4, -0.2) is 12.9 Å². The minimum atomic E-state index is -4.63. The van der Waals surface area contributed by atoms with E-state index in [0.717, 1.165) is 18.5 Å². The molecule has 0 saturated heterocycles. The second kappa shape index (κ2) is 6.79. The van der Waals surface area contributed by atoms with E-state index in [4.69, 9.17) is 0 Å². The molecule has 0 bridgehead atoms. The molecule has 0 atom stereocenters. The van der Waals surface area contributed by atoms with Crippen LogP contribution in [0.25, 0.3) is 0 Å². The Morgan fingerprint density at radius 1 is 1.15 bits per heavy atom. The smallest absolute Gasteiger partial charge is 0.406 e. The van der Waals surface area contributed by atoms with E-state index in [2.05, 4.69) is 16.1 Å². The minimum absolute atomic E-state index is 0.183. The van der Waals surface area contributed by atoms with Crippen molar-refractivity contribution in [2.45, 2.75) is 38.6 Å². The van der Waals surface area contributed by atoms with Gasteiger partial charge in [-0.2, -0.15) is 0 Å². The zero-order chi connectivity index (χ0) is 14.4. The number of allylic oxidation sites excluding steroid dienone is 1. The Bertz CT molecular complexity index is 451. The van der Waals surface area contributed by atoms with Gasteiger partial charge in [0.2, 0.25) is 0 Å². The lowest BCUT2D eigenvalue weighted by Gasteiger charge is -2.10. The van der Waals surface area contributed by atoms with Gasteiger partial charge in [0.05, 0.1) is 0 Å². The normalized spacial score (nSPS) is 15.2. The van der Waals surface area contributed by atoms with Crippen molar-refractivity contribution in [3.63, 3.8) is 0 Å². The monoisotopic (exact) mass is 285 g/mol. The van der Waals surface area contributed by atoms with E-state index >= 15 is 0 Å². The van der Waals surface area contributed by atoms with Crippen LogP contribution in [0.5, 0.6) is 5.75 Å².